The fourth-order valence-corrected chi connectivity index (χ4v) is 4.99. The van der Waals surface area contributed by atoms with Gasteiger partial charge in [-0.2, -0.15) is 4.31 Å². The number of piperazine rings is 1. The van der Waals surface area contributed by atoms with Crippen molar-refractivity contribution in [3.05, 3.63) is 65.0 Å². The highest BCUT2D eigenvalue weighted by Gasteiger charge is 2.28. The number of nitro groups is 1. The Morgan fingerprint density at radius 1 is 1.03 bits per heavy atom. The van der Waals surface area contributed by atoms with Crippen LogP contribution in [0.3, 0.4) is 0 Å². The highest BCUT2D eigenvalue weighted by molar-refractivity contribution is 7.89. The van der Waals surface area contributed by atoms with E-state index in [0.717, 1.165) is 0 Å². The molecular weight excluding hydrogens is 448 g/mol. The zero-order valence-electron chi connectivity index (χ0n) is 18.1. The number of hydrogen-bond donors (Lipinski definition) is 0. The summed E-state index contributed by atoms with van der Waals surface area (Å²) in [6.45, 7) is 4.73. The third kappa shape index (κ3) is 5.18. The summed E-state index contributed by atoms with van der Waals surface area (Å²) >= 11 is 0. The summed E-state index contributed by atoms with van der Waals surface area (Å²) in [4.78, 5) is 17.0. The van der Waals surface area contributed by atoms with Gasteiger partial charge in [-0.15, -0.1) is 5.10 Å². The Labute approximate surface area is 191 Å². The first-order chi connectivity index (χ1) is 15.9. The van der Waals surface area contributed by atoms with Crippen LogP contribution in [0.1, 0.15) is 6.92 Å². The van der Waals surface area contributed by atoms with Crippen molar-refractivity contribution in [1.29, 1.82) is 0 Å². The lowest BCUT2D eigenvalue weighted by atomic mass is 10.2. The Hall–Kier alpha value is -3.35. The topological polar surface area (TPSA) is 124 Å². The molecule has 0 aliphatic carbocycles. The lowest BCUT2D eigenvalue weighted by Gasteiger charge is -2.33. The molecule has 0 N–H and O–H groups in total. The van der Waals surface area contributed by atoms with E-state index in [1.807, 2.05) is 6.92 Å². The maximum atomic E-state index is 12.9. The number of benzene rings is 2. The fourth-order valence-electron chi connectivity index (χ4n) is 3.57. The quantitative estimate of drug-likeness (QED) is 0.361. The first kappa shape index (κ1) is 22.8. The minimum Gasteiger partial charge on any atom is -0.494 e. The third-order valence-corrected chi connectivity index (χ3v) is 7.23. The van der Waals surface area contributed by atoms with E-state index in [9.17, 15) is 18.5 Å². The van der Waals surface area contributed by atoms with Crippen LogP contribution in [0.2, 0.25) is 0 Å². The van der Waals surface area contributed by atoms with Crippen LogP contribution in [0.4, 0.5) is 5.69 Å². The second-order valence-electron chi connectivity index (χ2n) is 7.48. The summed E-state index contributed by atoms with van der Waals surface area (Å²) in [6, 6.07) is 12.5. The van der Waals surface area contributed by atoms with Crippen molar-refractivity contribution in [2.24, 2.45) is 0 Å². The van der Waals surface area contributed by atoms with Crippen molar-refractivity contribution >= 4 is 15.7 Å². The molecule has 12 heteroatoms. The molecule has 0 amide bonds. The van der Waals surface area contributed by atoms with Crippen LogP contribution in [-0.2, 0) is 16.7 Å². The zero-order valence-corrected chi connectivity index (χ0v) is 18.9. The summed E-state index contributed by atoms with van der Waals surface area (Å²) in [6.07, 6.45) is 1.60. The summed E-state index contributed by atoms with van der Waals surface area (Å²) in [5.41, 5.74) is 0.696. The number of ether oxygens (including phenoxy) is 1. The van der Waals surface area contributed by atoms with Gasteiger partial charge in [0.15, 0.2) is 5.82 Å². The van der Waals surface area contributed by atoms with Gasteiger partial charge in [-0.25, -0.2) is 18.1 Å². The molecule has 1 saturated heterocycles. The standard InChI is InChI=1S/C21H24N6O5S/c1-2-32-19-7-9-20(10-8-19)33(30,31)26-13-11-24(12-14-26)16-25-15-22-21(23-25)17-3-5-18(6-4-17)27(28)29/h3-10,15H,2,11-14,16H2,1H3. The van der Waals surface area contributed by atoms with Crippen molar-refractivity contribution in [1.82, 2.24) is 24.0 Å². The third-order valence-electron chi connectivity index (χ3n) is 5.32. The zero-order chi connectivity index (χ0) is 23.4. The van der Waals surface area contributed by atoms with Gasteiger partial charge in [0.05, 0.1) is 23.1 Å². The van der Waals surface area contributed by atoms with Gasteiger partial charge in [0.2, 0.25) is 10.0 Å². The normalized spacial score (nSPS) is 15.4. The predicted octanol–water partition coefficient (Wildman–Crippen LogP) is 2.22. The maximum Gasteiger partial charge on any atom is 0.269 e. The van der Waals surface area contributed by atoms with Gasteiger partial charge in [-0.1, -0.05) is 0 Å². The molecule has 0 atom stereocenters. The average Bonchev–Trinajstić information content (AvgIpc) is 3.28. The van der Waals surface area contributed by atoms with Crippen molar-refractivity contribution in [3.8, 4) is 17.1 Å². The van der Waals surface area contributed by atoms with Crippen LogP contribution in [-0.4, -0.2) is 70.1 Å². The minimum atomic E-state index is -3.56. The largest absolute Gasteiger partial charge is 0.494 e. The average molecular weight is 473 g/mol. The van der Waals surface area contributed by atoms with Crippen molar-refractivity contribution in [2.45, 2.75) is 18.5 Å². The highest BCUT2D eigenvalue weighted by atomic mass is 32.2. The van der Waals surface area contributed by atoms with E-state index in [2.05, 4.69) is 15.0 Å². The lowest BCUT2D eigenvalue weighted by molar-refractivity contribution is -0.384. The molecule has 0 spiro atoms. The fraction of sp³-hybridized carbons (Fsp3) is 0.333. The second-order valence-corrected chi connectivity index (χ2v) is 9.42. The number of hydrogen-bond acceptors (Lipinski definition) is 8. The molecule has 1 aliphatic rings. The SMILES string of the molecule is CCOc1ccc(S(=O)(=O)N2CCN(Cn3cnc(-c4ccc([N+](=O)[O-])cc4)n3)CC2)cc1. The van der Waals surface area contributed by atoms with Crippen LogP contribution in [0, 0.1) is 10.1 Å². The smallest absolute Gasteiger partial charge is 0.269 e. The molecule has 1 aliphatic heterocycles. The number of sulfonamides is 1. The van der Waals surface area contributed by atoms with Gasteiger partial charge in [-0.05, 0) is 43.3 Å². The van der Waals surface area contributed by atoms with Crippen molar-refractivity contribution in [3.63, 3.8) is 0 Å². The monoisotopic (exact) mass is 472 g/mol. The molecule has 1 aromatic heterocycles. The molecule has 0 unspecified atom stereocenters. The van der Waals surface area contributed by atoms with Crippen LogP contribution in [0.15, 0.2) is 59.8 Å². The number of non-ortho nitro benzene ring substituents is 1. The number of nitro benzene ring substituents is 1. The van der Waals surface area contributed by atoms with Crippen LogP contribution < -0.4 is 4.74 Å². The molecule has 0 saturated carbocycles. The number of aromatic nitrogens is 3. The number of rotatable bonds is 8. The van der Waals surface area contributed by atoms with Crippen molar-refractivity contribution < 1.29 is 18.1 Å². The molecule has 0 bridgehead atoms. The number of nitrogens with zero attached hydrogens (tertiary/aromatic N) is 6. The van der Waals surface area contributed by atoms with E-state index in [1.54, 1.807) is 47.4 Å². The van der Waals surface area contributed by atoms with E-state index in [4.69, 9.17) is 4.74 Å². The Morgan fingerprint density at radius 3 is 2.30 bits per heavy atom. The molecule has 174 valence electrons. The molecule has 1 fully saturated rings. The molecule has 2 heterocycles. The molecule has 2 aromatic carbocycles. The summed E-state index contributed by atoms with van der Waals surface area (Å²) in [5, 5.41) is 15.2. The Kier molecular flexibility index (Phi) is 6.67. The highest BCUT2D eigenvalue weighted by Crippen LogP contribution is 2.22. The molecule has 33 heavy (non-hydrogen) atoms. The molecular formula is C21H24N6O5S. The van der Waals surface area contributed by atoms with E-state index in [0.29, 0.717) is 56.6 Å². The van der Waals surface area contributed by atoms with Gasteiger partial charge in [0.1, 0.15) is 12.1 Å². The van der Waals surface area contributed by atoms with Gasteiger partial charge in [0, 0.05) is 43.9 Å². The van der Waals surface area contributed by atoms with Gasteiger partial charge < -0.3 is 4.74 Å². The van der Waals surface area contributed by atoms with Crippen molar-refractivity contribution in [2.75, 3.05) is 32.8 Å². The molecule has 11 nitrogen and oxygen atoms in total. The molecule has 3 aromatic rings. The predicted molar refractivity (Wildman–Crippen MR) is 120 cm³/mol. The van der Waals surface area contributed by atoms with Crippen LogP contribution in [0.5, 0.6) is 5.75 Å². The first-order valence-corrected chi connectivity index (χ1v) is 11.9. The Balaban J connectivity index is 1.34. The van der Waals surface area contributed by atoms with Gasteiger partial charge >= 0.3 is 0 Å². The van der Waals surface area contributed by atoms with Gasteiger partial charge in [0.25, 0.3) is 5.69 Å². The Morgan fingerprint density at radius 2 is 1.70 bits per heavy atom. The maximum absolute atomic E-state index is 12.9. The van der Waals surface area contributed by atoms with Gasteiger partial charge in [-0.3, -0.25) is 15.0 Å². The van der Waals surface area contributed by atoms with E-state index < -0.39 is 14.9 Å². The summed E-state index contributed by atoms with van der Waals surface area (Å²) in [7, 11) is -3.56. The van der Waals surface area contributed by atoms with Crippen LogP contribution in [0.25, 0.3) is 11.4 Å². The lowest BCUT2D eigenvalue weighted by Crippen LogP contribution is -2.48. The summed E-state index contributed by atoms with van der Waals surface area (Å²) < 4.78 is 34.4. The van der Waals surface area contributed by atoms with E-state index in [-0.39, 0.29) is 10.6 Å². The van der Waals surface area contributed by atoms with E-state index >= 15 is 0 Å². The Bertz CT molecular complexity index is 1200. The minimum absolute atomic E-state index is 0.0104. The summed E-state index contributed by atoms with van der Waals surface area (Å²) in [5.74, 6) is 1.11. The molecule has 0 radical (unpaired) electrons. The van der Waals surface area contributed by atoms with E-state index in [1.165, 1.54) is 16.4 Å². The van der Waals surface area contributed by atoms with Crippen LogP contribution >= 0.6 is 0 Å². The molecule has 4 rings (SSSR count). The second kappa shape index (κ2) is 9.65. The first-order valence-electron chi connectivity index (χ1n) is 10.5.